The maximum atomic E-state index is 11.9. The number of piperidine rings is 1. The maximum absolute atomic E-state index is 11.9. The van der Waals surface area contributed by atoms with E-state index in [9.17, 15) is 4.79 Å². The van der Waals surface area contributed by atoms with E-state index in [1.165, 1.54) is 23.3 Å². The molecule has 2 N–H and O–H groups in total. The van der Waals surface area contributed by atoms with Gasteiger partial charge in [0.25, 0.3) is 0 Å². The lowest BCUT2D eigenvalue weighted by atomic mass is 9.97. The van der Waals surface area contributed by atoms with Crippen molar-refractivity contribution in [1.82, 2.24) is 15.3 Å². The summed E-state index contributed by atoms with van der Waals surface area (Å²) in [5.74, 6) is 0.915. The van der Waals surface area contributed by atoms with Crippen LogP contribution >= 0.6 is 11.3 Å². The molecular formula is C15H18N4OS. The molecule has 1 aliphatic heterocycles. The number of carbonyl (C=O) groups excluding carboxylic acids is 1. The van der Waals surface area contributed by atoms with Crippen LogP contribution in [0.4, 0.5) is 5.82 Å². The van der Waals surface area contributed by atoms with Gasteiger partial charge in [0.1, 0.15) is 23.0 Å². The molecule has 1 aliphatic carbocycles. The fourth-order valence-corrected chi connectivity index (χ4v) is 4.50. The molecule has 2 aromatic heterocycles. The first-order chi connectivity index (χ1) is 10.3. The van der Waals surface area contributed by atoms with Crippen molar-refractivity contribution in [3.8, 4) is 0 Å². The first kappa shape index (κ1) is 13.0. The van der Waals surface area contributed by atoms with E-state index < -0.39 is 0 Å². The highest BCUT2D eigenvalue weighted by atomic mass is 32.1. The van der Waals surface area contributed by atoms with Crippen molar-refractivity contribution in [3.63, 3.8) is 0 Å². The second-order valence-corrected chi connectivity index (χ2v) is 6.83. The van der Waals surface area contributed by atoms with Gasteiger partial charge in [-0.05, 0) is 44.1 Å². The fraction of sp³-hybridized carbons (Fsp3) is 0.533. The molecule has 4 rings (SSSR count). The summed E-state index contributed by atoms with van der Waals surface area (Å²) in [6.07, 6.45) is 8.24. The number of carbonyl (C=O) groups is 1. The predicted molar refractivity (Wildman–Crippen MR) is 83.7 cm³/mol. The van der Waals surface area contributed by atoms with Gasteiger partial charge in [-0.2, -0.15) is 0 Å². The third-order valence-corrected chi connectivity index (χ3v) is 5.55. The molecular weight excluding hydrogens is 284 g/mol. The zero-order valence-corrected chi connectivity index (χ0v) is 12.6. The number of anilines is 1. The van der Waals surface area contributed by atoms with Crippen LogP contribution in [0.5, 0.6) is 0 Å². The number of hydrogen-bond acceptors (Lipinski definition) is 5. The van der Waals surface area contributed by atoms with Crippen LogP contribution in [0.15, 0.2) is 6.33 Å². The van der Waals surface area contributed by atoms with Crippen molar-refractivity contribution in [2.75, 3.05) is 11.9 Å². The second-order valence-electron chi connectivity index (χ2n) is 5.74. The molecule has 1 atom stereocenters. The van der Waals surface area contributed by atoms with Crippen molar-refractivity contribution in [2.45, 2.75) is 44.6 Å². The Hall–Kier alpha value is -1.69. The van der Waals surface area contributed by atoms with E-state index in [4.69, 9.17) is 0 Å². The van der Waals surface area contributed by atoms with E-state index in [0.717, 1.165) is 48.3 Å². The summed E-state index contributed by atoms with van der Waals surface area (Å²) in [7, 11) is 0. The highest BCUT2D eigenvalue weighted by Gasteiger charge is 2.25. The number of hydrogen-bond donors (Lipinski definition) is 2. The molecule has 1 saturated heterocycles. The van der Waals surface area contributed by atoms with Crippen LogP contribution in [0.25, 0.3) is 10.2 Å². The van der Waals surface area contributed by atoms with Crippen LogP contribution in [0.3, 0.4) is 0 Å². The minimum Gasteiger partial charge on any atom is -0.358 e. The number of nitrogens with one attached hydrogen (secondary N) is 2. The summed E-state index contributed by atoms with van der Waals surface area (Å²) in [6.45, 7) is 0.782. The first-order valence-electron chi connectivity index (χ1n) is 7.62. The number of nitrogens with zero attached hydrogens (tertiary/aromatic N) is 2. The minimum atomic E-state index is -0.170. The average molecular weight is 302 g/mol. The van der Waals surface area contributed by atoms with Crippen LogP contribution in [-0.2, 0) is 17.6 Å². The van der Waals surface area contributed by atoms with Crippen molar-refractivity contribution in [2.24, 2.45) is 0 Å². The van der Waals surface area contributed by atoms with Crippen LogP contribution in [0.1, 0.15) is 36.1 Å². The van der Waals surface area contributed by atoms with Gasteiger partial charge in [-0.1, -0.05) is 0 Å². The standard InChI is InChI=1S/C15H18N4OS/c20-14-10(5-3-7-16-14)19-13-12-9-4-1-2-6-11(9)21-15(12)18-8-17-13/h8,10H,1-7H2,(H,16,20)(H,17,18,19). The first-order valence-corrected chi connectivity index (χ1v) is 8.44. The van der Waals surface area contributed by atoms with Crippen molar-refractivity contribution in [1.29, 1.82) is 0 Å². The van der Waals surface area contributed by atoms with Crippen LogP contribution in [0.2, 0.25) is 0 Å². The van der Waals surface area contributed by atoms with Gasteiger partial charge in [-0.3, -0.25) is 4.79 Å². The fourth-order valence-electron chi connectivity index (χ4n) is 3.27. The molecule has 0 radical (unpaired) electrons. The SMILES string of the molecule is O=C1NCCCC1Nc1ncnc2sc3c(c12)CCCC3. The second kappa shape index (κ2) is 5.26. The Morgan fingerprint density at radius 3 is 3.05 bits per heavy atom. The van der Waals surface area contributed by atoms with E-state index in [1.54, 1.807) is 17.7 Å². The normalized spacial score (nSPS) is 21.9. The van der Waals surface area contributed by atoms with Gasteiger partial charge >= 0.3 is 0 Å². The lowest BCUT2D eigenvalue weighted by Gasteiger charge is -2.23. The molecule has 110 valence electrons. The molecule has 2 aliphatic rings. The van der Waals surface area contributed by atoms with Crippen LogP contribution in [-0.4, -0.2) is 28.5 Å². The molecule has 6 heteroatoms. The van der Waals surface area contributed by atoms with Crippen molar-refractivity contribution >= 4 is 33.3 Å². The van der Waals surface area contributed by atoms with Gasteiger partial charge in [0.05, 0.1) is 5.39 Å². The summed E-state index contributed by atoms with van der Waals surface area (Å²) in [5.41, 5.74) is 1.40. The van der Waals surface area contributed by atoms with Gasteiger partial charge < -0.3 is 10.6 Å². The number of amides is 1. The lowest BCUT2D eigenvalue weighted by Crippen LogP contribution is -2.44. The van der Waals surface area contributed by atoms with E-state index in [1.807, 2.05) is 0 Å². The van der Waals surface area contributed by atoms with Gasteiger partial charge in [0.2, 0.25) is 5.91 Å². The molecule has 1 amide bonds. The Morgan fingerprint density at radius 2 is 2.14 bits per heavy atom. The summed E-state index contributed by atoms with van der Waals surface area (Å²) < 4.78 is 0. The zero-order valence-electron chi connectivity index (χ0n) is 11.8. The van der Waals surface area contributed by atoms with Gasteiger partial charge in [0, 0.05) is 11.4 Å². The van der Waals surface area contributed by atoms with Crippen molar-refractivity contribution in [3.05, 3.63) is 16.8 Å². The number of aromatic nitrogens is 2. The summed E-state index contributed by atoms with van der Waals surface area (Å²) in [5, 5.41) is 7.42. The minimum absolute atomic E-state index is 0.0807. The monoisotopic (exact) mass is 302 g/mol. The summed E-state index contributed by atoms with van der Waals surface area (Å²) in [6, 6.07) is -0.170. The highest BCUT2D eigenvalue weighted by molar-refractivity contribution is 7.19. The van der Waals surface area contributed by atoms with E-state index in [-0.39, 0.29) is 11.9 Å². The Kier molecular flexibility index (Phi) is 3.25. The Balaban J connectivity index is 1.74. The number of thiophene rings is 1. The number of aryl methyl sites for hydroxylation is 2. The summed E-state index contributed by atoms with van der Waals surface area (Å²) in [4.78, 5) is 23.3. The molecule has 21 heavy (non-hydrogen) atoms. The van der Waals surface area contributed by atoms with E-state index in [0.29, 0.717) is 0 Å². The molecule has 0 aromatic carbocycles. The lowest BCUT2D eigenvalue weighted by molar-refractivity contribution is -0.123. The van der Waals surface area contributed by atoms with E-state index >= 15 is 0 Å². The number of fused-ring (bicyclic) bond motifs is 3. The van der Waals surface area contributed by atoms with E-state index in [2.05, 4.69) is 20.6 Å². The van der Waals surface area contributed by atoms with Gasteiger partial charge in [-0.15, -0.1) is 11.3 Å². The molecule has 0 saturated carbocycles. The van der Waals surface area contributed by atoms with Crippen LogP contribution < -0.4 is 10.6 Å². The molecule has 5 nitrogen and oxygen atoms in total. The summed E-state index contributed by atoms with van der Waals surface area (Å²) >= 11 is 1.79. The average Bonchev–Trinajstić information content (AvgIpc) is 2.89. The quantitative estimate of drug-likeness (QED) is 0.893. The van der Waals surface area contributed by atoms with Gasteiger partial charge in [-0.25, -0.2) is 9.97 Å². The molecule has 1 fully saturated rings. The van der Waals surface area contributed by atoms with Crippen molar-refractivity contribution < 1.29 is 4.79 Å². The molecule has 3 heterocycles. The number of rotatable bonds is 2. The highest BCUT2D eigenvalue weighted by Crippen LogP contribution is 2.38. The smallest absolute Gasteiger partial charge is 0.242 e. The molecule has 0 bridgehead atoms. The Morgan fingerprint density at radius 1 is 1.24 bits per heavy atom. The molecule has 2 aromatic rings. The Bertz CT molecular complexity index is 696. The topological polar surface area (TPSA) is 66.9 Å². The van der Waals surface area contributed by atoms with Crippen LogP contribution in [0, 0.1) is 0 Å². The largest absolute Gasteiger partial charge is 0.358 e. The maximum Gasteiger partial charge on any atom is 0.242 e. The zero-order chi connectivity index (χ0) is 14.2. The molecule has 0 spiro atoms. The molecule has 1 unspecified atom stereocenters. The van der Waals surface area contributed by atoms with Gasteiger partial charge in [0.15, 0.2) is 0 Å². The predicted octanol–water partition coefficient (Wildman–Crippen LogP) is 2.26. The third kappa shape index (κ3) is 2.27. The third-order valence-electron chi connectivity index (χ3n) is 4.35. The Labute approximate surface area is 127 Å².